The van der Waals surface area contributed by atoms with Gasteiger partial charge in [0.25, 0.3) is 5.91 Å². The number of anilines is 1. The van der Waals surface area contributed by atoms with Crippen LogP contribution in [0.15, 0.2) is 73.1 Å². The quantitative estimate of drug-likeness (QED) is 0.613. The first-order chi connectivity index (χ1) is 14.3. The van der Waals surface area contributed by atoms with Gasteiger partial charge in [-0.3, -0.25) is 9.78 Å². The second-order valence-corrected chi connectivity index (χ2v) is 8.19. The van der Waals surface area contributed by atoms with Crippen molar-refractivity contribution in [3.63, 3.8) is 0 Å². The molecule has 2 N–H and O–H groups in total. The van der Waals surface area contributed by atoms with Crippen LogP contribution in [0, 0.1) is 5.92 Å². The predicted molar refractivity (Wildman–Crippen MR) is 116 cm³/mol. The van der Waals surface area contributed by atoms with E-state index in [0.29, 0.717) is 17.5 Å². The van der Waals surface area contributed by atoms with Crippen LogP contribution in [0.2, 0.25) is 0 Å². The lowest BCUT2D eigenvalue weighted by molar-refractivity contribution is 0.102. The topological polar surface area (TPSA) is 54.0 Å². The van der Waals surface area contributed by atoms with E-state index in [4.69, 9.17) is 0 Å². The maximum atomic E-state index is 12.6. The second kappa shape index (κ2) is 7.80. The van der Waals surface area contributed by atoms with Crippen molar-refractivity contribution < 1.29 is 4.79 Å². The number of rotatable bonds is 7. The van der Waals surface area contributed by atoms with E-state index in [1.165, 1.54) is 31.4 Å². The van der Waals surface area contributed by atoms with Crippen LogP contribution in [0.5, 0.6) is 0 Å². The van der Waals surface area contributed by atoms with Crippen molar-refractivity contribution in [3.8, 4) is 11.1 Å². The van der Waals surface area contributed by atoms with Crippen LogP contribution in [0.4, 0.5) is 5.69 Å². The van der Waals surface area contributed by atoms with Crippen molar-refractivity contribution in [3.05, 3.63) is 84.2 Å². The molecule has 1 heterocycles. The van der Waals surface area contributed by atoms with E-state index in [-0.39, 0.29) is 5.91 Å². The van der Waals surface area contributed by atoms with Gasteiger partial charge in [-0.1, -0.05) is 24.3 Å². The normalized spacial score (nSPS) is 20.3. The van der Waals surface area contributed by atoms with Gasteiger partial charge in [-0.25, -0.2) is 0 Å². The van der Waals surface area contributed by atoms with Crippen LogP contribution in [-0.2, 0) is 0 Å². The van der Waals surface area contributed by atoms with Gasteiger partial charge in [-0.05, 0) is 84.8 Å². The highest BCUT2D eigenvalue weighted by atomic mass is 16.1. The third-order valence-corrected chi connectivity index (χ3v) is 5.91. The molecule has 2 unspecified atom stereocenters. The lowest BCUT2D eigenvalue weighted by atomic mass is 10.0. The Morgan fingerprint density at radius 2 is 1.59 bits per heavy atom. The summed E-state index contributed by atoms with van der Waals surface area (Å²) in [5, 5.41) is 6.68. The maximum Gasteiger partial charge on any atom is 0.255 e. The van der Waals surface area contributed by atoms with E-state index < -0.39 is 0 Å². The van der Waals surface area contributed by atoms with Gasteiger partial charge in [0.05, 0.1) is 0 Å². The number of carbonyl (C=O) groups is 1. The monoisotopic (exact) mass is 383 g/mol. The molecular weight excluding hydrogens is 358 g/mol. The van der Waals surface area contributed by atoms with Gasteiger partial charge in [0.15, 0.2) is 0 Å². The minimum absolute atomic E-state index is 0.0885. The summed E-state index contributed by atoms with van der Waals surface area (Å²) < 4.78 is 0. The molecule has 29 heavy (non-hydrogen) atoms. The van der Waals surface area contributed by atoms with Crippen molar-refractivity contribution in [1.29, 1.82) is 0 Å². The summed E-state index contributed by atoms with van der Waals surface area (Å²) in [7, 11) is 0. The van der Waals surface area contributed by atoms with Gasteiger partial charge in [0.2, 0.25) is 0 Å². The summed E-state index contributed by atoms with van der Waals surface area (Å²) in [5.41, 5.74) is 5.01. The molecule has 4 heteroatoms. The molecule has 0 spiro atoms. The summed E-state index contributed by atoms with van der Waals surface area (Å²) in [5.74, 6) is 1.46. The third kappa shape index (κ3) is 4.38. The molecule has 2 saturated carbocycles. The lowest BCUT2D eigenvalue weighted by Crippen LogP contribution is -2.20. The zero-order valence-electron chi connectivity index (χ0n) is 16.3. The van der Waals surface area contributed by atoms with Crippen molar-refractivity contribution >= 4 is 11.6 Å². The molecule has 2 fully saturated rings. The van der Waals surface area contributed by atoms with Crippen molar-refractivity contribution in [1.82, 2.24) is 10.3 Å². The first-order valence-corrected chi connectivity index (χ1v) is 10.4. The van der Waals surface area contributed by atoms with Crippen LogP contribution in [0.3, 0.4) is 0 Å². The van der Waals surface area contributed by atoms with Crippen LogP contribution in [0.1, 0.15) is 41.1 Å². The van der Waals surface area contributed by atoms with Crippen molar-refractivity contribution in [2.24, 2.45) is 5.92 Å². The zero-order chi connectivity index (χ0) is 19.6. The van der Waals surface area contributed by atoms with E-state index in [0.717, 1.165) is 22.7 Å². The van der Waals surface area contributed by atoms with Gasteiger partial charge in [0.1, 0.15) is 0 Å². The molecule has 0 bridgehead atoms. The van der Waals surface area contributed by atoms with Crippen molar-refractivity contribution in [2.45, 2.75) is 31.2 Å². The highest BCUT2D eigenvalue weighted by molar-refractivity contribution is 6.04. The van der Waals surface area contributed by atoms with Gasteiger partial charge < -0.3 is 10.6 Å². The highest BCUT2D eigenvalue weighted by Crippen LogP contribution is 2.41. The molecule has 5 rings (SSSR count). The Labute approximate surface area is 171 Å². The molecule has 1 aromatic heterocycles. The predicted octanol–water partition coefficient (Wildman–Crippen LogP) is 4.86. The minimum Gasteiger partial charge on any atom is -0.322 e. The van der Waals surface area contributed by atoms with E-state index in [1.54, 1.807) is 12.4 Å². The van der Waals surface area contributed by atoms with Crippen LogP contribution < -0.4 is 10.6 Å². The number of nitrogens with zero attached hydrogens (tertiary/aromatic N) is 1. The first kappa shape index (κ1) is 18.1. The van der Waals surface area contributed by atoms with E-state index in [9.17, 15) is 4.79 Å². The number of pyridine rings is 1. The fourth-order valence-electron chi connectivity index (χ4n) is 3.80. The van der Waals surface area contributed by atoms with Crippen molar-refractivity contribution in [2.75, 3.05) is 11.9 Å². The Morgan fingerprint density at radius 1 is 0.897 bits per heavy atom. The van der Waals surface area contributed by atoms with E-state index >= 15 is 0 Å². The molecule has 4 nitrogen and oxygen atoms in total. The summed E-state index contributed by atoms with van der Waals surface area (Å²) in [6, 6.07) is 20.5. The summed E-state index contributed by atoms with van der Waals surface area (Å²) in [6.07, 6.45) is 7.55. The molecule has 2 aliphatic carbocycles. The number of carbonyl (C=O) groups excluding carboxylic acids is 1. The first-order valence-electron chi connectivity index (χ1n) is 10.4. The number of nitrogens with one attached hydrogen (secondary N) is 2. The van der Waals surface area contributed by atoms with Gasteiger partial charge >= 0.3 is 0 Å². The van der Waals surface area contributed by atoms with E-state index in [2.05, 4.69) is 27.8 Å². The Balaban J connectivity index is 1.17. The second-order valence-electron chi connectivity index (χ2n) is 8.19. The average Bonchev–Trinajstić information content (AvgIpc) is 3.69. The Bertz CT molecular complexity index is 979. The largest absolute Gasteiger partial charge is 0.322 e. The molecular formula is C25H25N3O. The SMILES string of the molecule is O=C(Nc1ccc(C2CC2NCC2CC2)cc1)c1ccc(-c2ccncc2)cc1. The summed E-state index contributed by atoms with van der Waals surface area (Å²) >= 11 is 0. The molecule has 2 aromatic carbocycles. The Hall–Kier alpha value is -2.98. The molecule has 1 amide bonds. The number of aromatic nitrogens is 1. The Kier molecular flexibility index (Phi) is 4.86. The number of hydrogen-bond acceptors (Lipinski definition) is 3. The molecule has 0 saturated heterocycles. The summed E-state index contributed by atoms with van der Waals surface area (Å²) in [6.45, 7) is 1.18. The minimum atomic E-state index is -0.0885. The van der Waals surface area contributed by atoms with Gasteiger partial charge in [-0.15, -0.1) is 0 Å². The molecule has 0 aliphatic heterocycles. The molecule has 0 radical (unpaired) electrons. The fourth-order valence-corrected chi connectivity index (χ4v) is 3.80. The van der Waals surface area contributed by atoms with Crippen LogP contribution in [0.25, 0.3) is 11.1 Å². The molecule has 2 aliphatic rings. The van der Waals surface area contributed by atoms with Crippen LogP contribution in [-0.4, -0.2) is 23.5 Å². The Morgan fingerprint density at radius 3 is 2.28 bits per heavy atom. The number of hydrogen-bond donors (Lipinski definition) is 2. The highest BCUT2D eigenvalue weighted by Gasteiger charge is 2.38. The molecule has 3 aromatic rings. The van der Waals surface area contributed by atoms with Crippen LogP contribution >= 0.6 is 0 Å². The molecule has 146 valence electrons. The standard InChI is InChI=1S/C25H25N3O/c29-25(21-5-3-18(4-6-21)19-11-13-26-14-12-19)28-22-9-7-20(8-10-22)23-15-24(23)27-16-17-1-2-17/h3-14,17,23-24,27H,1-2,15-16H2,(H,28,29). The lowest BCUT2D eigenvalue weighted by Gasteiger charge is -2.08. The van der Waals surface area contributed by atoms with Gasteiger partial charge in [0, 0.05) is 35.6 Å². The fraction of sp³-hybridized carbons (Fsp3) is 0.280. The average molecular weight is 383 g/mol. The number of benzene rings is 2. The zero-order valence-corrected chi connectivity index (χ0v) is 16.3. The third-order valence-electron chi connectivity index (χ3n) is 5.91. The smallest absolute Gasteiger partial charge is 0.255 e. The summed E-state index contributed by atoms with van der Waals surface area (Å²) in [4.78, 5) is 16.6. The van der Waals surface area contributed by atoms with Gasteiger partial charge in [-0.2, -0.15) is 0 Å². The maximum absolute atomic E-state index is 12.6. The van der Waals surface area contributed by atoms with E-state index in [1.807, 2.05) is 48.5 Å². The number of amides is 1. The molecule has 2 atom stereocenters.